The van der Waals surface area contributed by atoms with Crippen molar-refractivity contribution in [3.05, 3.63) is 71.2 Å². The van der Waals surface area contributed by atoms with Crippen LogP contribution in [0, 0.1) is 6.92 Å². The topological polar surface area (TPSA) is 59.9 Å². The van der Waals surface area contributed by atoms with E-state index in [-0.39, 0.29) is 9.79 Å². The molecule has 4 nitrogen and oxygen atoms in total. The predicted molar refractivity (Wildman–Crippen MR) is 91.8 cm³/mol. The van der Waals surface area contributed by atoms with Gasteiger partial charge in [-0.3, -0.25) is 0 Å². The van der Waals surface area contributed by atoms with Crippen LogP contribution in [0.5, 0.6) is 0 Å². The van der Waals surface area contributed by atoms with Gasteiger partial charge in [-0.25, -0.2) is 18.4 Å². The Hall–Kier alpha value is -2.05. The Morgan fingerprint density at radius 1 is 0.783 bits per heavy atom. The van der Waals surface area contributed by atoms with Crippen LogP contribution < -0.4 is 0 Å². The molecule has 1 aromatic heterocycles. The molecule has 0 N–H and O–H groups in total. The summed E-state index contributed by atoms with van der Waals surface area (Å²) in [6.45, 7) is 1.82. The second-order valence-electron chi connectivity index (χ2n) is 5.00. The lowest BCUT2D eigenvalue weighted by Crippen LogP contribution is -2.01. The number of halogens is 1. The molecule has 0 aliphatic rings. The molecule has 0 atom stereocenters. The first kappa shape index (κ1) is 15.8. The van der Waals surface area contributed by atoms with Crippen molar-refractivity contribution in [3.63, 3.8) is 0 Å². The van der Waals surface area contributed by atoms with Crippen LogP contribution in [0.3, 0.4) is 0 Å². The number of benzene rings is 2. The van der Waals surface area contributed by atoms with E-state index >= 15 is 0 Å². The second-order valence-corrected chi connectivity index (χ2v) is 7.87. The van der Waals surface area contributed by atoms with E-state index in [1.54, 1.807) is 60.9 Å². The van der Waals surface area contributed by atoms with Gasteiger partial charge in [0.05, 0.1) is 9.79 Å². The summed E-state index contributed by atoms with van der Waals surface area (Å²) in [5.74, 6) is 0.697. The quantitative estimate of drug-likeness (QED) is 0.678. The van der Waals surface area contributed by atoms with Crippen molar-refractivity contribution >= 4 is 25.8 Å². The summed E-state index contributed by atoms with van der Waals surface area (Å²) in [7, 11) is -3.51. The van der Waals surface area contributed by atoms with Crippen molar-refractivity contribution in [2.75, 3.05) is 0 Å². The van der Waals surface area contributed by atoms with Crippen LogP contribution >= 0.6 is 15.9 Å². The molecule has 23 heavy (non-hydrogen) atoms. The molecule has 0 fully saturated rings. The molecule has 1 heterocycles. The molecule has 0 saturated heterocycles. The highest BCUT2D eigenvalue weighted by molar-refractivity contribution is 9.10. The lowest BCUT2D eigenvalue weighted by Gasteiger charge is -2.06. The van der Waals surface area contributed by atoms with Gasteiger partial charge in [-0.15, -0.1) is 0 Å². The maximum absolute atomic E-state index is 12.6. The summed E-state index contributed by atoms with van der Waals surface area (Å²) in [6, 6.07) is 13.3. The Bertz CT molecular complexity index is 920. The van der Waals surface area contributed by atoms with Gasteiger partial charge in [0.1, 0.15) is 5.82 Å². The first-order valence-corrected chi connectivity index (χ1v) is 9.14. The van der Waals surface area contributed by atoms with E-state index in [0.29, 0.717) is 5.82 Å². The van der Waals surface area contributed by atoms with Crippen LogP contribution in [0.15, 0.2) is 75.2 Å². The summed E-state index contributed by atoms with van der Waals surface area (Å²) >= 11 is 3.30. The predicted octanol–water partition coefficient (Wildman–Crippen LogP) is 4.05. The van der Waals surface area contributed by atoms with Crippen LogP contribution in [-0.4, -0.2) is 18.4 Å². The Morgan fingerprint density at radius 3 is 1.78 bits per heavy atom. The van der Waals surface area contributed by atoms with Crippen LogP contribution in [0.1, 0.15) is 5.82 Å². The van der Waals surface area contributed by atoms with E-state index in [1.165, 1.54) is 0 Å². The zero-order chi connectivity index (χ0) is 16.4. The first-order valence-electron chi connectivity index (χ1n) is 6.86. The normalized spacial score (nSPS) is 11.4. The highest BCUT2D eigenvalue weighted by Crippen LogP contribution is 2.25. The lowest BCUT2D eigenvalue weighted by atomic mass is 10.1. The Balaban J connectivity index is 1.95. The molecule has 3 aromatic rings. The average molecular weight is 389 g/mol. The van der Waals surface area contributed by atoms with E-state index in [1.807, 2.05) is 6.92 Å². The fourth-order valence-corrected chi connectivity index (χ4v) is 3.64. The molecule has 0 aliphatic carbocycles. The molecule has 0 amide bonds. The van der Waals surface area contributed by atoms with Gasteiger partial charge in [-0.2, -0.15) is 0 Å². The van der Waals surface area contributed by atoms with Gasteiger partial charge in [-0.1, -0.05) is 28.1 Å². The van der Waals surface area contributed by atoms with Crippen LogP contribution in [0.4, 0.5) is 0 Å². The van der Waals surface area contributed by atoms with Crippen molar-refractivity contribution in [2.45, 2.75) is 16.7 Å². The monoisotopic (exact) mass is 388 g/mol. The average Bonchev–Trinajstić information content (AvgIpc) is 2.56. The van der Waals surface area contributed by atoms with Gasteiger partial charge in [0.15, 0.2) is 0 Å². The zero-order valence-corrected chi connectivity index (χ0v) is 14.7. The van der Waals surface area contributed by atoms with E-state index in [0.717, 1.165) is 15.6 Å². The van der Waals surface area contributed by atoms with Crippen LogP contribution in [-0.2, 0) is 9.84 Å². The van der Waals surface area contributed by atoms with E-state index in [9.17, 15) is 8.42 Å². The number of rotatable bonds is 3. The third kappa shape index (κ3) is 3.33. The molecule has 0 spiro atoms. The molecule has 0 aliphatic heterocycles. The Morgan fingerprint density at radius 2 is 1.26 bits per heavy atom. The van der Waals surface area contributed by atoms with Crippen molar-refractivity contribution < 1.29 is 8.42 Å². The van der Waals surface area contributed by atoms with Crippen molar-refractivity contribution in [1.29, 1.82) is 0 Å². The summed E-state index contributed by atoms with van der Waals surface area (Å²) in [5, 5.41) is 0. The van der Waals surface area contributed by atoms with Gasteiger partial charge in [0.25, 0.3) is 0 Å². The minimum absolute atomic E-state index is 0.261. The summed E-state index contributed by atoms with van der Waals surface area (Å²) < 4.78 is 26.0. The third-order valence-corrected chi connectivity index (χ3v) is 5.72. The van der Waals surface area contributed by atoms with E-state index in [4.69, 9.17) is 0 Å². The van der Waals surface area contributed by atoms with Gasteiger partial charge < -0.3 is 0 Å². The van der Waals surface area contributed by atoms with Crippen LogP contribution in [0.2, 0.25) is 0 Å². The highest BCUT2D eigenvalue weighted by Gasteiger charge is 2.17. The summed E-state index contributed by atoms with van der Waals surface area (Å²) in [4.78, 5) is 8.83. The lowest BCUT2D eigenvalue weighted by molar-refractivity contribution is 0.596. The van der Waals surface area contributed by atoms with E-state index < -0.39 is 9.84 Å². The van der Waals surface area contributed by atoms with Crippen molar-refractivity contribution in [3.8, 4) is 11.1 Å². The molecule has 0 radical (unpaired) electrons. The zero-order valence-electron chi connectivity index (χ0n) is 12.3. The van der Waals surface area contributed by atoms with Gasteiger partial charge in [0, 0.05) is 22.4 Å². The molecule has 116 valence electrons. The number of sulfone groups is 1. The molecule has 0 bridgehead atoms. The maximum atomic E-state index is 12.6. The van der Waals surface area contributed by atoms with Gasteiger partial charge in [0.2, 0.25) is 9.84 Å². The second kappa shape index (κ2) is 6.22. The number of hydrogen-bond acceptors (Lipinski definition) is 4. The molecular weight excluding hydrogens is 376 g/mol. The number of hydrogen-bond donors (Lipinski definition) is 0. The fourth-order valence-electron chi connectivity index (χ4n) is 2.12. The van der Waals surface area contributed by atoms with Crippen molar-refractivity contribution in [2.24, 2.45) is 0 Å². The standard InChI is InChI=1S/C17H13BrN2O2S/c1-12-19-10-14(11-20-12)13-2-6-16(7-3-13)23(21,22)17-8-4-15(18)5-9-17/h2-11H,1H3. The van der Waals surface area contributed by atoms with E-state index in [2.05, 4.69) is 25.9 Å². The summed E-state index contributed by atoms with van der Waals surface area (Å²) in [6.07, 6.45) is 3.45. The number of aryl methyl sites for hydroxylation is 1. The highest BCUT2D eigenvalue weighted by atomic mass is 79.9. The van der Waals surface area contributed by atoms with Gasteiger partial charge >= 0.3 is 0 Å². The third-order valence-electron chi connectivity index (χ3n) is 3.40. The Labute approximate surface area is 143 Å². The van der Waals surface area contributed by atoms with Crippen LogP contribution in [0.25, 0.3) is 11.1 Å². The molecule has 3 rings (SSSR count). The summed E-state index contributed by atoms with van der Waals surface area (Å²) in [5.41, 5.74) is 1.72. The molecule has 0 unspecified atom stereocenters. The smallest absolute Gasteiger partial charge is 0.206 e. The minimum Gasteiger partial charge on any atom is -0.241 e. The largest absolute Gasteiger partial charge is 0.241 e. The minimum atomic E-state index is -3.51. The molecule has 2 aromatic carbocycles. The van der Waals surface area contributed by atoms with Gasteiger partial charge in [-0.05, 0) is 48.9 Å². The number of aromatic nitrogens is 2. The number of nitrogens with zero attached hydrogens (tertiary/aromatic N) is 2. The SMILES string of the molecule is Cc1ncc(-c2ccc(S(=O)(=O)c3ccc(Br)cc3)cc2)cn1. The maximum Gasteiger partial charge on any atom is 0.206 e. The fraction of sp³-hybridized carbons (Fsp3) is 0.0588. The molecule has 0 saturated carbocycles. The Kier molecular flexibility index (Phi) is 4.28. The first-order chi connectivity index (χ1) is 11.0. The molecular formula is C17H13BrN2O2S. The molecule has 6 heteroatoms. The van der Waals surface area contributed by atoms with Crippen molar-refractivity contribution in [1.82, 2.24) is 9.97 Å².